The SMILES string of the molecule is COC(=O)c1ccc(NC2CCCN(C(=O)OC(C)(C)C)CC2)cc1. The molecule has 1 heterocycles. The Morgan fingerprint density at radius 3 is 2.40 bits per heavy atom. The maximum absolute atomic E-state index is 12.2. The van der Waals surface area contributed by atoms with Crippen molar-refractivity contribution >= 4 is 17.7 Å². The van der Waals surface area contributed by atoms with Crippen molar-refractivity contribution in [1.82, 2.24) is 4.90 Å². The Labute approximate surface area is 149 Å². The van der Waals surface area contributed by atoms with Crippen LogP contribution >= 0.6 is 0 Å². The Bertz CT molecular complexity index is 592. The first kappa shape index (κ1) is 19.1. The molecule has 25 heavy (non-hydrogen) atoms. The summed E-state index contributed by atoms with van der Waals surface area (Å²) in [5, 5.41) is 3.48. The van der Waals surface area contributed by atoms with Crippen LogP contribution in [-0.4, -0.2) is 48.8 Å². The van der Waals surface area contributed by atoms with Crippen LogP contribution in [0.25, 0.3) is 0 Å². The number of nitrogens with zero attached hydrogens (tertiary/aromatic N) is 1. The number of esters is 1. The Morgan fingerprint density at radius 1 is 1.12 bits per heavy atom. The smallest absolute Gasteiger partial charge is 0.410 e. The second-order valence-corrected chi connectivity index (χ2v) is 7.31. The molecule has 0 radical (unpaired) electrons. The molecule has 1 amide bonds. The molecular formula is C19H28N2O4. The number of nitrogens with one attached hydrogen (secondary N) is 1. The van der Waals surface area contributed by atoms with Gasteiger partial charge in [-0.15, -0.1) is 0 Å². The van der Waals surface area contributed by atoms with Crippen molar-refractivity contribution in [3.63, 3.8) is 0 Å². The van der Waals surface area contributed by atoms with Crippen molar-refractivity contribution in [2.75, 3.05) is 25.5 Å². The number of hydrogen-bond acceptors (Lipinski definition) is 5. The lowest BCUT2D eigenvalue weighted by Crippen LogP contribution is -2.37. The van der Waals surface area contributed by atoms with E-state index in [1.54, 1.807) is 17.0 Å². The van der Waals surface area contributed by atoms with E-state index in [1.807, 2.05) is 32.9 Å². The molecule has 0 aliphatic carbocycles. The van der Waals surface area contributed by atoms with Crippen LogP contribution in [0.15, 0.2) is 24.3 Å². The molecule has 138 valence electrons. The molecule has 1 aliphatic heterocycles. The van der Waals surface area contributed by atoms with Crippen LogP contribution in [0, 0.1) is 0 Å². The Kier molecular flexibility index (Phi) is 6.28. The molecule has 1 aromatic carbocycles. The third kappa shape index (κ3) is 5.96. The number of carbonyl (C=O) groups is 2. The molecule has 2 rings (SSSR count). The topological polar surface area (TPSA) is 67.9 Å². The van der Waals surface area contributed by atoms with Crippen molar-refractivity contribution in [3.05, 3.63) is 29.8 Å². The van der Waals surface area contributed by atoms with E-state index < -0.39 is 5.60 Å². The number of methoxy groups -OCH3 is 1. The summed E-state index contributed by atoms with van der Waals surface area (Å²) in [6.07, 6.45) is 2.53. The quantitative estimate of drug-likeness (QED) is 0.844. The number of hydrogen-bond donors (Lipinski definition) is 1. The van der Waals surface area contributed by atoms with Crippen molar-refractivity contribution in [1.29, 1.82) is 0 Å². The third-order valence-electron chi connectivity index (χ3n) is 4.06. The summed E-state index contributed by atoms with van der Waals surface area (Å²) in [5.41, 5.74) is 1.02. The number of rotatable bonds is 3. The van der Waals surface area contributed by atoms with Gasteiger partial charge in [-0.05, 0) is 64.3 Å². The first-order valence-corrected chi connectivity index (χ1v) is 8.71. The van der Waals surface area contributed by atoms with Crippen LogP contribution in [0.4, 0.5) is 10.5 Å². The van der Waals surface area contributed by atoms with Crippen molar-refractivity contribution < 1.29 is 19.1 Å². The predicted molar refractivity (Wildman–Crippen MR) is 96.9 cm³/mol. The van der Waals surface area contributed by atoms with Gasteiger partial charge in [0.05, 0.1) is 12.7 Å². The van der Waals surface area contributed by atoms with Crippen molar-refractivity contribution in [2.45, 2.75) is 51.7 Å². The van der Waals surface area contributed by atoms with Gasteiger partial charge in [0.25, 0.3) is 0 Å². The predicted octanol–water partition coefficient (Wildman–Crippen LogP) is 3.67. The highest BCUT2D eigenvalue weighted by Crippen LogP contribution is 2.19. The normalized spacial score (nSPS) is 18.2. The van der Waals surface area contributed by atoms with Crippen LogP contribution in [0.3, 0.4) is 0 Å². The van der Waals surface area contributed by atoms with E-state index in [9.17, 15) is 9.59 Å². The van der Waals surface area contributed by atoms with Gasteiger partial charge in [0.1, 0.15) is 5.60 Å². The van der Waals surface area contributed by atoms with Gasteiger partial charge in [0.2, 0.25) is 0 Å². The molecule has 1 atom stereocenters. The maximum atomic E-state index is 12.2. The summed E-state index contributed by atoms with van der Waals surface area (Å²) in [6.45, 7) is 7.03. The van der Waals surface area contributed by atoms with Crippen LogP contribution in [-0.2, 0) is 9.47 Å². The molecule has 1 aromatic rings. The van der Waals surface area contributed by atoms with E-state index in [1.165, 1.54) is 7.11 Å². The standard InChI is InChI=1S/C19H28N2O4/c1-19(2,3)25-18(23)21-12-5-6-15(11-13-21)20-16-9-7-14(8-10-16)17(22)24-4/h7-10,15,20H,5-6,11-13H2,1-4H3. The number of benzene rings is 1. The minimum atomic E-state index is -0.470. The molecule has 1 fully saturated rings. The fourth-order valence-corrected chi connectivity index (χ4v) is 2.81. The van der Waals surface area contributed by atoms with Gasteiger partial charge in [-0.3, -0.25) is 0 Å². The fraction of sp³-hybridized carbons (Fsp3) is 0.579. The minimum Gasteiger partial charge on any atom is -0.465 e. The minimum absolute atomic E-state index is 0.240. The molecule has 0 spiro atoms. The van der Waals surface area contributed by atoms with Crippen molar-refractivity contribution in [3.8, 4) is 0 Å². The molecule has 6 heteroatoms. The van der Waals surface area contributed by atoms with Gasteiger partial charge in [-0.2, -0.15) is 0 Å². The molecule has 6 nitrogen and oxygen atoms in total. The summed E-state index contributed by atoms with van der Waals surface area (Å²) in [6, 6.07) is 7.54. The zero-order valence-electron chi connectivity index (χ0n) is 15.5. The summed E-state index contributed by atoms with van der Waals surface area (Å²) < 4.78 is 10.2. The van der Waals surface area contributed by atoms with E-state index in [4.69, 9.17) is 9.47 Å². The number of likely N-dealkylation sites (tertiary alicyclic amines) is 1. The van der Waals surface area contributed by atoms with Gasteiger partial charge < -0.3 is 19.7 Å². The summed E-state index contributed by atoms with van der Waals surface area (Å²) >= 11 is 0. The van der Waals surface area contributed by atoms with E-state index in [-0.39, 0.29) is 18.1 Å². The first-order valence-electron chi connectivity index (χ1n) is 8.71. The maximum Gasteiger partial charge on any atom is 0.410 e. The second-order valence-electron chi connectivity index (χ2n) is 7.31. The lowest BCUT2D eigenvalue weighted by molar-refractivity contribution is 0.0256. The molecule has 1 N–H and O–H groups in total. The number of carbonyl (C=O) groups excluding carboxylic acids is 2. The monoisotopic (exact) mass is 348 g/mol. The molecular weight excluding hydrogens is 320 g/mol. The highest BCUT2D eigenvalue weighted by Gasteiger charge is 2.25. The number of anilines is 1. The Balaban J connectivity index is 1.88. The van der Waals surface area contributed by atoms with Gasteiger partial charge in [0.15, 0.2) is 0 Å². The lowest BCUT2D eigenvalue weighted by atomic mass is 10.1. The summed E-state index contributed by atoms with van der Waals surface area (Å²) in [7, 11) is 1.37. The van der Waals surface area contributed by atoms with Crippen LogP contribution in [0.1, 0.15) is 50.4 Å². The van der Waals surface area contributed by atoms with Gasteiger partial charge in [0, 0.05) is 24.8 Å². The van der Waals surface area contributed by atoms with Gasteiger partial charge >= 0.3 is 12.1 Å². The zero-order chi connectivity index (χ0) is 18.4. The van der Waals surface area contributed by atoms with E-state index in [0.29, 0.717) is 18.7 Å². The van der Waals surface area contributed by atoms with Crippen LogP contribution in [0.2, 0.25) is 0 Å². The second kappa shape index (κ2) is 8.23. The number of ether oxygens (including phenoxy) is 2. The zero-order valence-corrected chi connectivity index (χ0v) is 15.5. The van der Waals surface area contributed by atoms with Crippen molar-refractivity contribution in [2.24, 2.45) is 0 Å². The van der Waals surface area contributed by atoms with Gasteiger partial charge in [-0.1, -0.05) is 0 Å². The molecule has 1 unspecified atom stereocenters. The van der Waals surface area contributed by atoms with Crippen LogP contribution < -0.4 is 5.32 Å². The molecule has 0 bridgehead atoms. The highest BCUT2D eigenvalue weighted by atomic mass is 16.6. The van der Waals surface area contributed by atoms with E-state index in [2.05, 4.69) is 5.32 Å². The Hall–Kier alpha value is -2.24. The fourth-order valence-electron chi connectivity index (χ4n) is 2.81. The highest BCUT2D eigenvalue weighted by molar-refractivity contribution is 5.89. The van der Waals surface area contributed by atoms with E-state index >= 15 is 0 Å². The van der Waals surface area contributed by atoms with Gasteiger partial charge in [-0.25, -0.2) is 9.59 Å². The lowest BCUT2D eigenvalue weighted by Gasteiger charge is -2.26. The summed E-state index contributed by atoms with van der Waals surface area (Å²) in [5.74, 6) is -0.339. The van der Waals surface area contributed by atoms with E-state index in [0.717, 1.165) is 24.9 Å². The van der Waals surface area contributed by atoms with Crippen LogP contribution in [0.5, 0.6) is 0 Å². The summed E-state index contributed by atoms with van der Waals surface area (Å²) in [4.78, 5) is 25.5. The third-order valence-corrected chi connectivity index (χ3v) is 4.06. The average Bonchev–Trinajstić information content (AvgIpc) is 2.79. The average molecular weight is 348 g/mol. The molecule has 0 saturated carbocycles. The number of amides is 1. The Morgan fingerprint density at radius 2 is 1.80 bits per heavy atom. The molecule has 1 aliphatic rings. The molecule has 0 aromatic heterocycles. The molecule has 1 saturated heterocycles. The first-order chi connectivity index (χ1) is 11.8. The largest absolute Gasteiger partial charge is 0.465 e.